The van der Waals surface area contributed by atoms with Crippen LogP contribution in [-0.4, -0.2) is 5.88 Å². The summed E-state index contributed by atoms with van der Waals surface area (Å²) in [7, 11) is 0. The summed E-state index contributed by atoms with van der Waals surface area (Å²) in [4.78, 5) is 0. The van der Waals surface area contributed by atoms with Crippen molar-refractivity contribution < 1.29 is 0 Å². The second kappa shape index (κ2) is 6.32. The number of hydrogen-bond donors (Lipinski definition) is 0. The van der Waals surface area contributed by atoms with Crippen LogP contribution < -0.4 is 0 Å². The Morgan fingerprint density at radius 2 is 1.05 bits per heavy atom. The lowest BCUT2D eigenvalue weighted by atomic mass is 9.95. The van der Waals surface area contributed by atoms with Crippen molar-refractivity contribution in [3.05, 3.63) is 60.7 Å². The van der Waals surface area contributed by atoms with Crippen LogP contribution in [-0.2, 0) is 0 Å². The van der Waals surface area contributed by atoms with Crippen molar-refractivity contribution >= 4 is 43.9 Å². The van der Waals surface area contributed by atoms with Crippen LogP contribution >= 0.6 is 11.6 Å². The van der Waals surface area contributed by atoms with Crippen molar-refractivity contribution in [3.63, 3.8) is 0 Å². The van der Waals surface area contributed by atoms with Crippen LogP contribution in [0.4, 0.5) is 0 Å². The van der Waals surface area contributed by atoms with Gasteiger partial charge in [0.05, 0.1) is 0 Å². The van der Waals surface area contributed by atoms with Gasteiger partial charge in [-0.2, -0.15) is 0 Å². The van der Waals surface area contributed by atoms with Gasteiger partial charge in [0.2, 0.25) is 0 Å². The second-order valence-electron chi connectivity index (χ2n) is 5.33. The van der Waals surface area contributed by atoms with E-state index in [2.05, 4.69) is 67.6 Å². The summed E-state index contributed by atoms with van der Waals surface area (Å²) >= 11 is 5.30. The van der Waals surface area contributed by atoms with Crippen LogP contribution in [0, 0.1) is 0 Å². The van der Waals surface area contributed by atoms with Gasteiger partial charge >= 0.3 is 0 Å². The quantitative estimate of drug-likeness (QED) is 0.288. The third kappa shape index (κ3) is 2.69. The number of rotatable bonds is 2. The Balaban J connectivity index is 0.000000233. The minimum absolute atomic E-state index is 0.816. The van der Waals surface area contributed by atoms with Crippen LogP contribution in [0.1, 0.15) is 19.8 Å². The van der Waals surface area contributed by atoms with Gasteiger partial charge in [0.15, 0.2) is 0 Å². The minimum Gasteiger partial charge on any atom is -0.127 e. The molecular weight excluding hydrogens is 276 g/mol. The lowest BCUT2D eigenvalue weighted by molar-refractivity contribution is 0.892. The molecule has 0 fully saturated rings. The Bertz CT molecular complexity index is 716. The second-order valence-corrected chi connectivity index (χ2v) is 5.71. The van der Waals surface area contributed by atoms with E-state index in [1.807, 2.05) is 0 Å². The van der Waals surface area contributed by atoms with Crippen molar-refractivity contribution in [2.24, 2.45) is 0 Å². The van der Waals surface area contributed by atoms with Crippen molar-refractivity contribution in [3.8, 4) is 0 Å². The van der Waals surface area contributed by atoms with E-state index >= 15 is 0 Å². The maximum Gasteiger partial charge on any atom is 0.0223 e. The van der Waals surface area contributed by atoms with E-state index in [1.54, 1.807) is 0 Å². The van der Waals surface area contributed by atoms with Gasteiger partial charge in [0.25, 0.3) is 0 Å². The maximum absolute atomic E-state index is 5.30. The molecule has 0 heterocycles. The van der Waals surface area contributed by atoms with Crippen molar-refractivity contribution in [2.75, 3.05) is 5.88 Å². The molecule has 21 heavy (non-hydrogen) atoms. The SMILES string of the molecule is CCCCCl.c1cc2ccc3cccc4ccc(c1)c2c34. The smallest absolute Gasteiger partial charge is 0.0223 e. The summed E-state index contributed by atoms with van der Waals surface area (Å²) in [5, 5.41) is 8.14. The van der Waals surface area contributed by atoms with Gasteiger partial charge in [0, 0.05) is 5.88 Å². The Morgan fingerprint density at radius 3 is 1.29 bits per heavy atom. The molecule has 0 nitrogen and oxygen atoms in total. The first-order valence-corrected chi connectivity index (χ1v) is 8.07. The molecule has 4 aromatic rings. The van der Waals surface area contributed by atoms with Gasteiger partial charge in [-0.1, -0.05) is 74.0 Å². The summed E-state index contributed by atoms with van der Waals surface area (Å²) in [6, 6.07) is 21.9. The molecule has 0 amide bonds. The molecule has 0 N–H and O–H groups in total. The highest BCUT2D eigenvalue weighted by atomic mass is 35.5. The third-order valence-corrected chi connectivity index (χ3v) is 4.15. The fraction of sp³-hybridized carbons (Fsp3) is 0.200. The number of halogens is 1. The van der Waals surface area contributed by atoms with Gasteiger partial charge in [-0.05, 0) is 38.7 Å². The normalized spacial score (nSPS) is 11.0. The van der Waals surface area contributed by atoms with E-state index in [9.17, 15) is 0 Å². The molecular formula is C20H19Cl. The van der Waals surface area contributed by atoms with Crippen LogP contribution in [0.5, 0.6) is 0 Å². The fourth-order valence-corrected chi connectivity index (χ4v) is 3.07. The summed E-state index contributed by atoms with van der Waals surface area (Å²) in [5.41, 5.74) is 0. The predicted octanol–water partition coefficient (Wildman–Crippen LogP) is 6.61. The molecule has 0 aromatic heterocycles. The molecule has 0 aliphatic rings. The first-order valence-electron chi connectivity index (χ1n) is 7.53. The molecule has 0 bridgehead atoms. The van der Waals surface area contributed by atoms with E-state index in [1.165, 1.54) is 38.7 Å². The molecule has 4 rings (SSSR count). The molecule has 0 saturated carbocycles. The zero-order valence-electron chi connectivity index (χ0n) is 12.3. The highest BCUT2D eigenvalue weighted by Crippen LogP contribution is 2.33. The lowest BCUT2D eigenvalue weighted by Crippen LogP contribution is -1.82. The molecule has 0 atom stereocenters. The fourth-order valence-electron chi connectivity index (χ4n) is 2.80. The standard InChI is InChI=1S/C16H10.C4H9Cl/c1-3-11-7-9-13-5-2-6-14-10-8-12(4-1)15(11)16(13)14;1-2-3-4-5/h1-10H;2-4H2,1H3. The van der Waals surface area contributed by atoms with Crippen molar-refractivity contribution in [1.82, 2.24) is 0 Å². The van der Waals surface area contributed by atoms with Gasteiger partial charge in [-0.3, -0.25) is 0 Å². The molecule has 0 radical (unpaired) electrons. The van der Waals surface area contributed by atoms with Gasteiger partial charge in [-0.25, -0.2) is 0 Å². The largest absolute Gasteiger partial charge is 0.127 e. The van der Waals surface area contributed by atoms with E-state index < -0.39 is 0 Å². The first kappa shape index (κ1) is 14.2. The zero-order valence-corrected chi connectivity index (χ0v) is 13.0. The van der Waals surface area contributed by atoms with Gasteiger partial charge in [-0.15, -0.1) is 11.6 Å². The number of unbranched alkanes of at least 4 members (excludes halogenated alkanes) is 1. The molecule has 0 unspecified atom stereocenters. The lowest BCUT2D eigenvalue weighted by Gasteiger charge is -2.09. The summed E-state index contributed by atoms with van der Waals surface area (Å²) in [6.07, 6.45) is 2.37. The summed E-state index contributed by atoms with van der Waals surface area (Å²) in [5.74, 6) is 0.816. The van der Waals surface area contributed by atoms with E-state index in [0.717, 1.165) is 12.3 Å². The topological polar surface area (TPSA) is 0 Å². The van der Waals surface area contributed by atoms with E-state index in [0.29, 0.717) is 0 Å². The summed E-state index contributed by atoms with van der Waals surface area (Å²) in [6.45, 7) is 2.13. The Morgan fingerprint density at radius 1 is 0.667 bits per heavy atom. The van der Waals surface area contributed by atoms with Crippen LogP contribution in [0.25, 0.3) is 32.3 Å². The Hall–Kier alpha value is -1.79. The number of hydrogen-bond acceptors (Lipinski definition) is 0. The Kier molecular flexibility index (Phi) is 4.26. The molecule has 4 aromatic carbocycles. The number of alkyl halides is 1. The average molecular weight is 295 g/mol. The third-order valence-electron chi connectivity index (χ3n) is 3.88. The maximum atomic E-state index is 5.30. The monoisotopic (exact) mass is 294 g/mol. The highest BCUT2D eigenvalue weighted by Gasteiger charge is 2.05. The molecule has 0 aliphatic carbocycles. The predicted molar refractivity (Wildman–Crippen MR) is 95.8 cm³/mol. The zero-order chi connectivity index (χ0) is 14.7. The molecule has 0 spiro atoms. The summed E-state index contributed by atoms with van der Waals surface area (Å²) < 4.78 is 0. The van der Waals surface area contributed by atoms with Crippen molar-refractivity contribution in [1.29, 1.82) is 0 Å². The molecule has 0 aliphatic heterocycles. The van der Waals surface area contributed by atoms with Gasteiger partial charge in [0.1, 0.15) is 0 Å². The van der Waals surface area contributed by atoms with Crippen LogP contribution in [0.3, 0.4) is 0 Å². The van der Waals surface area contributed by atoms with E-state index in [4.69, 9.17) is 11.6 Å². The van der Waals surface area contributed by atoms with Gasteiger partial charge < -0.3 is 0 Å². The van der Waals surface area contributed by atoms with Crippen LogP contribution in [0.15, 0.2) is 60.7 Å². The number of benzene rings is 4. The van der Waals surface area contributed by atoms with Crippen LogP contribution in [0.2, 0.25) is 0 Å². The average Bonchev–Trinajstić information content (AvgIpc) is 2.54. The molecule has 0 saturated heterocycles. The molecule has 1 heteroatoms. The highest BCUT2D eigenvalue weighted by molar-refractivity contribution is 6.22. The van der Waals surface area contributed by atoms with Crippen molar-refractivity contribution in [2.45, 2.75) is 19.8 Å². The molecule has 106 valence electrons. The Labute approximate surface area is 130 Å². The first-order chi connectivity index (χ1) is 10.3. The van der Waals surface area contributed by atoms with E-state index in [-0.39, 0.29) is 0 Å². The minimum atomic E-state index is 0.816.